The van der Waals surface area contributed by atoms with Gasteiger partial charge in [0.1, 0.15) is 22.4 Å². The Kier molecular flexibility index (Phi) is 2.82. The van der Waals surface area contributed by atoms with Crippen molar-refractivity contribution in [3.8, 4) is 0 Å². The molecule has 0 amide bonds. The fourth-order valence-electron chi connectivity index (χ4n) is 8.20. The maximum atomic E-state index is 6.67. The number of rotatable bonds is 2. The van der Waals surface area contributed by atoms with Crippen LogP contribution in [0.4, 0.5) is 0 Å². The van der Waals surface area contributed by atoms with Crippen molar-refractivity contribution >= 4 is 0 Å². The first-order valence-electron chi connectivity index (χ1n) is 11.1. The Morgan fingerprint density at radius 3 is 2.81 bits per heavy atom. The van der Waals surface area contributed by atoms with Gasteiger partial charge < -0.3 is 18.9 Å². The van der Waals surface area contributed by atoms with E-state index in [4.69, 9.17) is 18.9 Å². The third-order valence-electron chi connectivity index (χ3n) is 9.37. The molecule has 0 radical (unpaired) electrons. The van der Waals surface area contributed by atoms with Crippen molar-refractivity contribution in [1.82, 2.24) is 0 Å². The predicted molar refractivity (Wildman–Crippen MR) is 99.2 cm³/mol. The van der Waals surface area contributed by atoms with Gasteiger partial charge in [0.2, 0.25) is 0 Å². The molecule has 3 heterocycles. The van der Waals surface area contributed by atoms with E-state index in [-0.39, 0.29) is 28.2 Å². The van der Waals surface area contributed by atoms with Crippen molar-refractivity contribution in [3.63, 3.8) is 0 Å². The zero-order chi connectivity index (χ0) is 18.0. The lowest BCUT2D eigenvalue weighted by molar-refractivity contribution is -0.185. The molecule has 4 aliphatic carbocycles. The molecule has 0 aromatic rings. The highest BCUT2D eigenvalue weighted by atomic mass is 16.7. The Hall–Kier alpha value is -0.680. The summed E-state index contributed by atoms with van der Waals surface area (Å²) >= 11 is 0. The van der Waals surface area contributed by atoms with Gasteiger partial charge in [0.15, 0.2) is 5.79 Å². The average Bonchev–Trinajstić information content (AvgIpc) is 3.40. The normalized spacial score (nSPS) is 56.1. The van der Waals surface area contributed by atoms with E-state index >= 15 is 0 Å². The second-order valence-corrected chi connectivity index (χ2v) is 10.1. The molecule has 2 spiro atoms. The van der Waals surface area contributed by atoms with Crippen molar-refractivity contribution in [3.05, 3.63) is 23.8 Å². The van der Waals surface area contributed by atoms with E-state index in [9.17, 15) is 0 Å². The first-order chi connectivity index (χ1) is 13.1. The van der Waals surface area contributed by atoms with Crippen LogP contribution >= 0.6 is 0 Å². The molecule has 0 unspecified atom stereocenters. The van der Waals surface area contributed by atoms with Crippen molar-refractivity contribution in [2.75, 3.05) is 13.2 Å². The van der Waals surface area contributed by atoms with E-state index in [0.29, 0.717) is 11.8 Å². The molecule has 3 saturated carbocycles. The standard InChI is InChI=1S/C23H30O4/c1-2-3-7-19-9-5-17-16-4-8-20-15-21(24-13-14-25-21)11-12-23(20,27-20)18(16)6-10-22(17,19)26-19/h2-3,6,16-17H,4-5,7-15H2,1H3/b3-2+/t16-,17-,19-,20+,22+,23+/m0/s1. The topological polar surface area (TPSA) is 43.5 Å². The molecular weight excluding hydrogens is 340 g/mol. The fourth-order valence-corrected chi connectivity index (χ4v) is 8.20. The van der Waals surface area contributed by atoms with Crippen LogP contribution in [0, 0.1) is 11.8 Å². The van der Waals surface area contributed by atoms with Crippen LogP contribution < -0.4 is 0 Å². The molecule has 3 saturated heterocycles. The van der Waals surface area contributed by atoms with E-state index in [2.05, 4.69) is 25.2 Å². The molecule has 4 nitrogen and oxygen atoms in total. The summed E-state index contributed by atoms with van der Waals surface area (Å²) in [6.07, 6.45) is 17.2. The molecule has 0 aromatic carbocycles. The minimum absolute atomic E-state index is 0.00154. The second kappa shape index (κ2) is 4.72. The van der Waals surface area contributed by atoms with E-state index in [1.54, 1.807) is 5.57 Å². The maximum Gasteiger partial charge on any atom is 0.171 e. The molecule has 0 aromatic heterocycles. The zero-order valence-corrected chi connectivity index (χ0v) is 16.3. The molecule has 6 atom stereocenters. The first-order valence-corrected chi connectivity index (χ1v) is 11.1. The molecule has 3 aliphatic heterocycles. The van der Waals surface area contributed by atoms with Gasteiger partial charge in [-0.05, 0) is 69.3 Å². The number of hydrogen-bond donors (Lipinski definition) is 0. The Balaban J connectivity index is 1.21. The van der Waals surface area contributed by atoms with Gasteiger partial charge in [-0.3, -0.25) is 0 Å². The van der Waals surface area contributed by atoms with Gasteiger partial charge in [0.05, 0.1) is 13.2 Å². The highest BCUT2D eigenvalue weighted by molar-refractivity contribution is 5.46. The number of ether oxygens (including phenoxy) is 4. The SMILES string of the molecule is C/C=C/C[C@]12CC[C@H]3[C@@H]4CC[C@@]56CC7(CC[C@@]5(O6)C4=CC[C@@]31O2)OCCO7. The maximum absolute atomic E-state index is 6.67. The van der Waals surface area contributed by atoms with Crippen LogP contribution in [0.2, 0.25) is 0 Å². The van der Waals surface area contributed by atoms with Crippen molar-refractivity contribution in [1.29, 1.82) is 0 Å². The van der Waals surface area contributed by atoms with Crippen LogP contribution in [0.3, 0.4) is 0 Å². The lowest BCUT2D eigenvalue weighted by atomic mass is 9.57. The molecule has 7 aliphatic rings. The molecular formula is C23H30O4. The summed E-state index contributed by atoms with van der Waals surface area (Å²) in [5, 5.41) is 0. The smallest absolute Gasteiger partial charge is 0.171 e. The summed E-state index contributed by atoms with van der Waals surface area (Å²) in [6.45, 7) is 3.60. The minimum Gasteiger partial charge on any atom is -0.362 e. The van der Waals surface area contributed by atoms with Crippen LogP contribution in [0.1, 0.15) is 64.7 Å². The van der Waals surface area contributed by atoms with Gasteiger partial charge in [-0.25, -0.2) is 0 Å². The number of fused-ring (bicyclic) bond motifs is 2. The zero-order valence-electron chi connectivity index (χ0n) is 16.3. The first kappa shape index (κ1) is 16.2. The van der Waals surface area contributed by atoms with Gasteiger partial charge in [0.25, 0.3) is 0 Å². The van der Waals surface area contributed by atoms with Crippen LogP contribution in [-0.2, 0) is 18.9 Å². The Morgan fingerprint density at radius 2 is 1.96 bits per heavy atom. The largest absolute Gasteiger partial charge is 0.362 e. The Morgan fingerprint density at radius 1 is 1.07 bits per heavy atom. The van der Waals surface area contributed by atoms with Crippen LogP contribution in [0.5, 0.6) is 0 Å². The summed E-state index contributed by atoms with van der Waals surface area (Å²) in [5.41, 5.74) is 1.91. The third kappa shape index (κ3) is 1.69. The van der Waals surface area contributed by atoms with Gasteiger partial charge in [-0.1, -0.05) is 18.2 Å². The molecule has 27 heavy (non-hydrogen) atoms. The molecule has 4 heteroatoms. The Bertz CT molecular complexity index is 766. The quantitative estimate of drug-likeness (QED) is 0.543. The summed E-state index contributed by atoms with van der Waals surface area (Å²) in [6, 6.07) is 0. The summed E-state index contributed by atoms with van der Waals surface area (Å²) in [7, 11) is 0. The molecule has 146 valence electrons. The van der Waals surface area contributed by atoms with Gasteiger partial charge >= 0.3 is 0 Å². The third-order valence-corrected chi connectivity index (χ3v) is 9.37. The van der Waals surface area contributed by atoms with Gasteiger partial charge in [-0.15, -0.1) is 0 Å². The van der Waals surface area contributed by atoms with Crippen LogP contribution in [0.25, 0.3) is 0 Å². The summed E-state index contributed by atoms with van der Waals surface area (Å²) in [5.74, 6) is 1.02. The minimum atomic E-state index is -0.349. The summed E-state index contributed by atoms with van der Waals surface area (Å²) in [4.78, 5) is 0. The highest BCUT2D eigenvalue weighted by Crippen LogP contribution is 2.77. The highest BCUT2D eigenvalue weighted by Gasteiger charge is 2.83. The molecule has 7 rings (SSSR count). The Labute approximate surface area is 161 Å². The van der Waals surface area contributed by atoms with E-state index in [0.717, 1.165) is 51.7 Å². The van der Waals surface area contributed by atoms with E-state index < -0.39 is 0 Å². The van der Waals surface area contributed by atoms with Crippen molar-refractivity contribution < 1.29 is 18.9 Å². The van der Waals surface area contributed by atoms with Crippen molar-refractivity contribution in [2.45, 2.75) is 92.9 Å². The molecule has 6 fully saturated rings. The van der Waals surface area contributed by atoms with Crippen molar-refractivity contribution in [2.24, 2.45) is 11.8 Å². The van der Waals surface area contributed by atoms with Gasteiger partial charge in [-0.2, -0.15) is 0 Å². The van der Waals surface area contributed by atoms with E-state index in [1.807, 2.05) is 0 Å². The second-order valence-electron chi connectivity index (χ2n) is 10.1. The van der Waals surface area contributed by atoms with E-state index in [1.165, 1.54) is 19.3 Å². The number of hydrogen-bond acceptors (Lipinski definition) is 4. The average molecular weight is 370 g/mol. The lowest BCUT2D eigenvalue weighted by Crippen LogP contribution is -2.51. The lowest BCUT2D eigenvalue weighted by Gasteiger charge is -2.46. The number of epoxide rings is 2. The van der Waals surface area contributed by atoms with Crippen LogP contribution in [0.15, 0.2) is 23.8 Å². The molecule has 0 bridgehead atoms. The summed E-state index contributed by atoms with van der Waals surface area (Å²) < 4.78 is 25.3. The van der Waals surface area contributed by atoms with Gasteiger partial charge in [0, 0.05) is 12.8 Å². The molecule has 0 N–H and O–H groups in total. The fraction of sp³-hybridized carbons (Fsp3) is 0.826. The predicted octanol–water partition coefficient (Wildman–Crippen LogP) is 4.05. The van der Waals surface area contributed by atoms with Crippen LogP contribution in [-0.4, -0.2) is 41.4 Å². The monoisotopic (exact) mass is 370 g/mol. The number of allylic oxidation sites excluding steroid dienone is 1.